The smallest absolute Gasteiger partial charge is 0.251 e. The zero-order chi connectivity index (χ0) is 22.2. The first kappa shape index (κ1) is 20.7. The molecule has 1 fully saturated rings. The van der Waals surface area contributed by atoms with Gasteiger partial charge in [0.15, 0.2) is 0 Å². The molecule has 3 aromatic carbocycles. The molecule has 32 heavy (non-hydrogen) atoms. The molecule has 0 aliphatic heterocycles. The second-order valence-corrected chi connectivity index (χ2v) is 8.43. The summed E-state index contributed by atoms with van der Waals surface area (Å²) in [5.41, 5.74) is 3.27. The van der Waals surface area contributed by atoms with Gasteiger partial charge in [-0.2, -0.15) is 5.10 Å². The molecule has 4 aromatic rings. The Morgan fingerprint density at radius 3 is 2.59 bits per heavy atom. The van der Waals surface area contributed by atoms with Gasteiger partial charge in [-0.3, -0.25) is 4.79 Å². The third kappa shape index (κ3) is 3.76. The standard InChI is InChI=1S/C25H21ClFN3O2/c26-20-5-2-1-4-18(20)24-19-13-8-15(25(32)28-21-6-3-7-23(21)31)14-22(19)30(29-24)17-11-9-16(27)10-12-17/h1-2,4-5,8-14,21,23,31H,3,6-7H2,(H,28,32)/t21-,23+/m0/s1. The molecule has 1 amide bonds. The Morgan fingerprint density at radius 1 is 1.09 bits per heavy atom. The summed E-state index contributed by atoms with van der Waals surface area (Å²) in [5, 5.41) is 19.1. The number of hydrogen-bond acceptors (Lipinski definition) is 3. The molecule has 1 aliphatic carbocycles. The number of carbonyl (C=O) groups excluding carboxylic acids is 1. The van der Waals surface area contributed by atoms with Crippen molar-refractivity contribution in [1.82, 2.24) is 15.1 Å². The number of aliphatic hydroxyl groups is 1. The highest BCUT2D eigenvalue weighted by atomic mass is 35.5. The number of aromatic nitrogens is 2. The number of nitrogens with one attached hydrogen (secondary N) is 1. The average molecular weight is 450 g/mol. The van der Waals surface area contributed by atoms with Gasteiger partial charge in [0, 0.05) is 16.5 Å². The van der Waals surface area contributed by atoms with Crippen molar-refractivity contribution < 1.29 is 14.3 Å². The second-order valence-electron chi connectivity index (χ2n) is 8.03. The summed E-state index contributed by atoms with van der Waals surface area (Å²) < 4.78 is 15.2. The maximum atomic E-state index is 13.5. The molecule has 0 unspecified atom stereocenters. The van der Waals surface area contributed by atoms with Crippen molar-refractivity contribution in [2.75, 3.05) is 0 Å². The van der Waals surface area contributed by atoms with Gasteiger partial charge >= 0.3 is 0 Å². The lowest BCUT2D eigenvalue weighted by atomic mass is 10.1. The summed E-state index contributed by atoms with van der Waals surface area (Å²) in [6.07, 6.45) is 1.84. The number of carbonyl (C=O) groups is 1. The maximum absolute atomic E-state index is 13.5. The van der Waals surface area contributed by atoms with Crippen LogP contribution in [0.5, 0.6) is 0 Å². The van der Waals surface area contributed by atoms with E-state index in [1.807, 2.05) is 24.3 Å². The van der Waals surface area contributed by atoms with Gasteiger partial charge in [-0.05, 0) is 67.8 Å². The van der Waals surface area contributed by atoms with Gasteiger partial charge in [-0.25, -0.2) is 9.07 Å². The number of rotatable bonds is 4. The summed E-state index contributed by atoms with van der Waals surface area (Å²) >= 11 is 6.44. The quantitative estimate of drug-likeness (QED) is 0.454. The van der Waals surface area contributed by atoms with Crippen molar-refractivity contribution in [3.05, 3.63) is 83.1 Å². The molecule has 0 saturated heterocycles. The van der Waals surface area contributed by atoms with Crippen LogP contribution in [0.4, 0.5) is 4.39 Å². The van der Waals surface area contributed by atoms with Gasteiger partial charge < -0.3 is 10.4 Å². The van der Waals surface area contributed by atoms with Crippen LogP contribution in [0.15, 0.2) is 66.7 Å². The monoisotopic (exact) mass is 449 g/mol. The van der Waals surface area contributed by atoms with Gasteiger partial charge in [0.2, 0.25) is 0 Å². The Morgan fingerprint density at radius 2 is 1.88 bits per heavy atom. The fourth-order valence-electron chi connectivity index (χ4n) is 4.25. The molecule has 5 rings (SSSR count). The van der Waals surface area contributed by atoms with Crippen LogP contribution in [0.1, 0.15) is 29.6 Å². The van der Waals surface area contributed by atoms with Crippen LogP contribution < -0.4 is 5.32 Å². The Kier molecular flexibility index (Phi) is 5.41. The summed E-state index contributed by atoms with van der Waals surface area (Å²) in [4.78, 5) is 12.9. The second kappa shape index (κ2) is 8.37. The van der Waals surface area contributed by atoms with Crippen molar-refractivity contribution in [3.8, 4) is 16.9 Å². The predicted molar refractivity (Wildman–Crippen MR) is 123 cm³/mol. The van der Waals surface area contributed by atoms with Crippen LogP contribution >= 0.6 is 11.6 Å². The molecule has 7 heteroatoms. The third-order valence-electron chi connectivity index (χ3n) is 5.94. The van der Waals surface area contributed by atoms with E-state index in [-0.39, 0.29) is 17.8 Å². The van der Waals surface area contributed by atoms with E-state index in [2.05, 4.69) is 5.32 Å². The lowest BCUT2D eigenvalue weighted by Gasteiger charge is -2.16. The van der Waals surface area contributed by atoms with E-state index in [9.17, 15) is 14.3 Å². The van der Waals surface area contributed by atoms with Crippen molar-refractivity contribution in [3.63, 3.8) is 0 Å². The molecule has 1 heterocycles. The van der Waals surface area contributed by atoms with Gasteiger partial charge in [-0.1, -0.05) is 29.8 Å². The highest BCUT2D eigenvalue weighted by molar-refractivity contribution is 6.33. The highest BCUT2D eigenvalue weighted by Gasteiger charge is 2.27. The predicted octanol–water partition coefficient (Wildman–Crippen LogP) is 5.13. The van der Waals surface area contributed by atoms with Gasteiger partial charge in [0.05, 0.1) is 28.4 Å². The normalized spacial score (nSPS) is 18.2. The van der Waals surface area contributed by atoms with E-state index >= 15 is 0 Å². The Hall–Kier alpha value is -3.22. The molecular weight excluding hydrogens is 429 g/mol. The molecule has 162 valence electrons. The summed E-state index contributed by atoms with van der Waals surface area (Å²) in [7, 11) is 0. The SMILES string of the molecule is O=C(N[C@H]1CCC[C@H]1O)c1ccc2c(-c3ccccc3Cl)nn(-c3ccc(F)cc3)c2c1. The first-order valence-corrected chi connectivity index (χ1v) is 10.9. The largest absolute Gasteiger partial charge is 0.391 e. The van der Waals surface area contributed by atoms with Crippen molar-refractivity contribution in [2.24, 2.45) is 0 Å². The van der Waals surface area contributed by atoms with Gasteiger partial charge in [0.25, 0.3) is 5.91 Å². The summed E-state index contributed by atoms with van der Waals surface area (Å²) in [5.74, 6) is -0.587. The number of fused-ring (bicyclic) bond motifs is 1. The number of hydrogen-bond donors (Lipinski definition) is 2. The molecule has 2 N–H and O–H groups in total. The Labute approximate surface area is 189 Å². The number of halogens is 2. The fourth-order valence-corrected chi connectivity index (χ4v) is 4.47. The molecule has 2 atom stereocenters. The molecule has 1 aliphatic rings. The van der Waals surface area contributed by atoms with Crippen LogP contribution in [-0.2, 0) is 0 Å². The minimum atomic E-state index is -0.515. The average Bonchev–Trinajstić information content (AvgIpc) is 3.37. The lowest BCUT2D eigenvalue weighted by Crippen LogP contribution is -2.39. The first-order valence-electron chi connectivity index (χ1n) is 10.5. The zero-order valence-electron chi connectivity index (χ0n) is 17.1. The number of benzene rings is 3. The topological polar surface area (TPSA) is 67.2 Å². The van der Waals surface area contributed by atoms with Crippen LogP contribution in [0.25, 0.3) is 27.8 Å². The van der Waals surface area contributed by atoms with Crippen molar-refractivity contribution >= 4 is 28.4 Å². The van der Waals surface area contributed by atoms with E-state index < -0.39 is 6.10 Å². The van der Waals surface area contributed by atoms with E-state index in [4.69, 9.17) is 16.7 Å². The Bertz CT molecular complexity index is 1300. The molecule has 1 saturated carbocycles. The van der Waals surface area contributed by atoms with Crippen LogP contribution in [-0.4, -0.2) is 32.9 Å². The minimum absolute atomic E-state index is 0.237. The van der Waals surface area contributed by atoms with E-state index in [1.54, 1.807) is 35.0 Å². The molecule has 0 radical (unpaired) electrons. The summed E-state index contributed by atoms with van der Waals surface area (Å²) in [6.45, 7) is 0. The molecule has 1 aromatic heterocycles. The minimum Gasteiger partial charge on any atom is -0.391 e. The molecule has 0 bridgehead atoms. The third-order valence-corrected chi connectivity index (χ3v) is 6.27. The van der Waals surface area contributed by atoms with Gasteiger partial charge in [0.1, 0.15) is 11.5 Å². The zero-order valence-corrected chi connectivity index (χ0v) is 17.9. The highest BCUT2D eigenvalue weighted by Crippen LogP contribution is 2.34. The van der Waals surface area contributed by atoms with Crippen LogP contribution in [0, 0.1) is 5.82 Å². The van der Waals surface area contributed by atoms with E-state index in [0.29, 0.717) is 33.9 Å². The van der Waals surface area contributed by atoms with Gasteiger partial charge in [-0.15, -0.1) is 0 Å². The van der Waals surface area contributed by atoms with E-state index in [0.717, 1.165) is 23.8 Å². The molecule has 5 nitrogen and oxygen atoms in total. The summed E-state index contributed by atoms with van der Waals surface area (Å²) in [6, 6.07) is 18.6. The lowest BCUT2D eigenvalue weighted by molar-refractivity contribution is 0.0873. The fraction of sp³-hybridized carbons (Fsp3) is 0.200. The first-order chi connectivity index (χ1) is 15.5. The number of aliphatic hydroxyl groups excluding tert-OH is 1. The van der Waals surface area contributed by atoms with Crippen molar-refractivity contribution in [2.45, 2.75) is 31.4 Å². The number of nitrogens with zero attached hydrogens (tertiary/aromatic N) is 2. The van der Waals surface area contributed by atoms with Crippen LogP contribution in [0.3, 0.4) is 0 Å². The van der Waals surface area contributed by atoms with Crippen LogP contribution in [0.2, 0.25) is 5.02 Å². The Balaban J connectivity index is 1.63. The molecular formula is C25H21ClFN3O2. The maximum Gasteiger partial charge on any atom is 0.251 e. The number of amides is 1. The van der Waals surface area contributed by atoms with E-state index in [1.165, 1.54) is 12.1 Å². The van der Waals surface area contributed by atoms with Crippen molar-refractivity contribution in [1.29, 1.82) is 0 Å². The molecule has 0 spiro atoms.